The number of nitrogens with zero attached hydrogens (tertiary/aromatic N) is 1. The second-order valence-electron chi connectivity index (χ2n) is 8.91. The zero-order valence-corrected chi connectivity index (χ0v) is 22.7. The van der Waals surface area contributed by atoms with Gasteiger partial charge in [0.1, 0.15) is 17.4 Å². The summed E-state index contributed by atoms with van der Waals surface area (Å²) in [6, 6.07) is 14.5. The number of amides is 2. The molecule has 0 fully saturated rings. The lowest BCUT2D eigenvalue weighted by molar-refractivity contribution is -0.136. The standard InChI is InChI=1S/C28H28ClN3O5S/c1-3-36-28(35)24-22-13-4-17(2)14-23(22)38-27(24)31-25(33)26(34)32-30-15-18-7-11-21(12-8-18)37-16-19-5-9-20(29)10-6-19/h5-12,15,17H,3-4,13-14,16H2,1-2H3,(H,31,33)(H,32,34)/b30-15+. The number of fused-ring (bicyclic) bond motifs is 1. The number of ether oxygens (including phenoxy) is 2. The van der Waals surface area contributed by atoms with Crippen molar-refractivity contribution in [2.75, 3.05) is 11.9 Å². The summed E-state index contributed by atoms with van der Waals surface area (Å²) in [6.07, 6.45) is 3.93. The molecule has 0 saturated heterocycles. The molecule has 2 amide bonds. The lowest BCUT2D eigenvalue weighted by Gasteiger charge is -2.18. The average molecular weight is 554 g/mol. The molecule has 0 radical (unpaired) electrons. The van der Waals surface area contributed by atoms with Crippen LogP contribution in [0.15, 0.2) is 53.6 Å². The van der Waals surface area contributed by atoms with Crippen LogP contribution in [-0.4, -0.2) is 30.6 Å². The van der Waals surface area contributed by atoms with Gasteiger partial charge in [0.25, 0.3) is 0 Å². The Balaban J connectivity index is 1.32. The first kappa shape index (κ1) is 27.3. The number of hydrogen-bond acceptors (Lipinski definition) is 7. The summed E-state index contributed by atoms with van der Waals surface area (Å²) in [6.45, 7) is 4.50. The quantitative estimate of drug-likeness (QED) is 0.169. The van der Waals surface area contributed by atoms with Crippen LogP contribution in [0.4, 0.5) is 5.00 Å². The van der Waals surface area contributed by atoms with Crippen molar-refractivity contribution in [1.29, 1.82) is 0 Å². The predicted molar refractivity (Wildman–Crippen MR) is 148 cm³/mol. The summed E-state index contributed by atoms with van der Waals surface area (Å²) in [7, 11) is 0. The Bertz CT molecular complexity index is 1340. The van der Waals surface area contributed by atoms with Gasteiger partial charge >= 0.3 is 17.8 Å². The van der Waals surface area contributed by atoms with Gasteiger partial charge in [0.2, 0.25) is 0 Å². The predicted octanol–water partition coefficient (Wildman–Crippen LogP) is 5.37. The smallest absolute Gasteiger partial charge is 0.341 e. The Hall–Kier alpha value is -3.69. The normalized spacial score (nSPS) is 14.6. The van der Waals surface area contributed by atoms with E-state index in [0.29, 0.717) is 39.4 Å². The van der Waals surface area contributed by atoms with Crippen molar-refractivity contribution in [2.45, 2.75) is 39.7 Å². The summed E-state index contributed by atoms with van der Waals surface area (Å²) < 4.78 is 11.0. The summed E-state index contributed by atoms with van der Waals surface area (Å²) in [4.78, 5) is 38.6. The first-order valence-corrected chi connectivity index (χ1v) is 13.5. The Morgan fingerprint density at radius 1 is 1.11 bits per heavy atom. The number of carbonyl (C=O) groups excluding carboxylic acids is 3. The van der Waals surface area contributed by atoms with Gasteiger partial charge in [-0.3, -0.25) is 9.59 Å². The monoisotopic (exact) mass is 553 g/mol. The fourth-order valence-corrected chi connectivity index (χ4v) is 5.55. The first-order chi connectivity index (χ1) is 18.3. The van der Waals surface area contributed by atoms with E-state index in [-0.39, 0.29) is 6.61 Å². The lowest BCUT2D eigenvalue weighted by Crippen LogP contribution is -2.32. The zero-order chi connectivity index (χ0) is 27.1. The maximum Gasteiger partial charge on any atom is 0.341 e. The molecule has 3 aromatic rings. The van der Waals surface area contributed by atoms with E-state index in [4.69, 9.17) is 21.1 Å². The van der Waals surface area contributed by atoms with E-state index in [2.05, 4.69) is 22.8 Å². The van der Waals surface area contributed by atoms with Crippen LogP contribution >= 0.6 is 22.9 Å². The van der Waals surface area contributed by atoms with Crippen LogP contribution in [0.25, 0.3) is 0 Å². The van der Waals surface area contributed by atoms with Crippen LogP contribution in [0.5, 0.6) is 5.75 Å². The molecule has 0 saturated carbocycles. The van der Waals surface area contributed by atoms with Crippen molar-refractivity contribution in [3.63, 3.8) is 0 Å². The molecule has 1 aromatic heterocycles. The third-order valence-electron chi connectivity index (χ3n) is 6.00. The number of hydrogen-bond donors (Lipinski definition) is 2. The van der Waals surface area contributed by atoms with E-state index in [1.807, 2.05) is 24.3 Å². The summed E-state index contributed by atoms with van der Waals surface area (Å²) in [5.41, 5.74) is 5.17. The molecule has 38 heavy (non-hydrogen) atoms. The number of benzene rings is 2. The van der Waals surface area contributed by atoms with Crippen molar-refractivity contribution in [3.05, 3.63) is 80.7 Å². The molecule has 0 bridgehead atoms. The highest BCUT2D eigenvalue weighted by atomic mass is 35.5. The summed E-state index contributed by atoms with van der Waals surface area (Å²) in [5, 5.41) is 7.45. The van der Waals surface area contributed by atoms with Crippen LogP contribution in [0.2, 0.25) is 5.02 Å². The minimum Gasteiger partial charge on any atom is -0.489 e. The molecule has 4 rings (SSSR count). The fraction of sp³-hybridized carbons (Fsp3) is 0.286. The highest BCUT2D eigenvalue weighted by molar-refractivity contribution is 7.17. The van der Waals surface area contributed by atoms with Gasteiger partial charge in [-0.15, -0.1) is 11.3 Å². The minimum atomic E-state index is -0.946. The molecule has 1 heterocycles. The molecule has 2 aromatic carbocycles. The topological polar surface area (TPSA) is 106 Å². The van der Waals surface area contributed by atoms with Crippen molar-refractivity contribution in [1.82, 2.24) is 5.43 Å². The number of halogens is 1. The molecule has 0 aliphatic heterocycles. The molecule has 2 N–H and O–H groups in total. The number of thiophene rings is 1. The number of nitrogens with one attached hydrogen (secondary N) is 2. The molecule has 0 spiro atoms. The van der Waals surface area contributed by atoms with Crippen LogP contribution in [-0.2, 0) is 33.8 Å². The van der Waals surface area contributed by atoms with E-state index in [1.54, 1.807) is 31.2 Å². The Kier molecular flexibility index (Phi) is 9.15. The Labute approximate surface area is 230 Å². The van der Waals surface area contributed by atoms with Crippen LogP contribution in [0.3, 0.4) is 0 Å². The van der Waals surface area contributed by atoms with Gasteiger partial charge in [-0.05, 0) is 85.2 Å². The number of hydrazone groups is 1. The number of esters is 1. The van der Waals surface area contributed by atoms with E-state index < -0.39 is 17.8 Å². The fourth-order valence-electron chi connectivity index (χ4n) is 4.03. The van der Waals surface area contributed by atoms with Crippen LogP contribution in [0, 0.1) is 5.92 Å². The molecule has 10 heteroatoms. The van der Waals surface area contributed by atoms with E-state index in [9.17, 15) is 14.4 Å². The Morgan fingerprint density at radius 2 is 1.84 bits per heavy atom. The first-order valence-electron chi connectivity index (χ1n) is 12.3. The lowest BCUT2D eigenvalue weighted by atomic mass is 9.88. The Morgan fingerprint density at radius 3 is 2.55 bits per heavy atom. The van der Waals surface area contributed by atoms with Crippen molar-refractivity contribution >= 4 is 51.9 Å². The summed E-state index contributed by atoms with van der Waals surface area (Å²) in [5.74, 6) is -1.19. The molecule has 1 unspecified atom stereocenters. The number of rotatable bonds is 8. The second-order valence-corrected chi connectivity index (χ2v) is 10.5. The molecule has 8 nitrogen and oxygen atoms in total. The van der Waals surface area contributed by atoms with Gasteiger partial charge in [0.05, 0.1) is 18.4 Å². The van der Waals surface area contributed by atoms with E-state index >= 15 is 0 Å². The number of carbonyl (C=O) groups is 3. The largest absolute Gasteiger partial charge is 0.489 e. The van der Waals surface area contributed by atoms with Gasteiger partial charge in [-0.1, -0.05) is 30.7 Å². The summed E-state index contributed by atoms with van der Waals surface area (Å²) >= 11 is 7.22. The molecule has 1 aliphatic rings. The molecule has 1 aliphatic carbocycles. The third-order valence-corrected chi connectivity index (χ3v) is 7.42. The second kappa shape index (κ2) is 12.7. The molecular formula is C28H28ClN3O5S. The van der Waals surface area contributed by atoms with Gasteiger partial charge < -0.3 is 14.8 Å². The average Bonchev–Trinajstić information content (AvgIpc) is 3.26. The molecular weight excluding hydrogens is 526 g/mol. The zero-order valence-electron chi connectivity index (χ0n) is 21.1. The highest BCUT2D eigenvalue weighted by Gasteiger charge is 2.30. The molecule has 198 valence electrons. The van der Waals surface area contributed by atoms with Gasteiger partial charge in [-0.25, -0.2) is 10.2 Å². The van der Waals surface area contributed by atoms with Crippen molar-refractivity contribution in [2.24, 2.45) is 11.0 Å². The van der Waals surface area contributed by atoms with Crippen LogP contribution in [0.1, 0.15) is 52.2 Å². The highest BCUT2D eigenvalue weighted by Crippen LogP contribution is 2.40. The van der Waals surface area contributed by atoms with Gasteiger partial charge in [0, 0.05) is 9.90 Å². The van der Waals surface area contributed by atoms with Gasteiger partial charge in [0.15, 0.2) is 0 Å². The maximum absolute atomic E-state index is 12.6. The SMILES string of the molecule is CCOC(=O)c1c(NC(=O)C(=O)N/N=C/c2ccc(OCc3ccc(Cl)cc3)cc2)sc2c1CCC(C)C2. The van der Waals surface area contributed by atoms with Crippen LogP contribution < -0.4 is 15.5 Å². The van der Waals surface area contributed by atoms with Crippen molar-refractivity contribution in [3.8, 4) is 5.75 Å². The minimum absolute atomic E-state index is 0.220. The van der Waals surface area contributed by atoms with Crippen molar-refractivity contribution < 1.29 is 23.9 Å². The molecule has 1 atom stereocenters. The van der Waals surface area contributed by atoms with Gasteiger partial charge in [-0.2, -0.15) is 5.10 Å². The maximum atomic E-state index is 12.6. The van der Waals surface area contributed by atoms with E-state index in [1.165, 1.54) is 17.6 Å². The third kappa shape index (κ3) is 6.99. The van der Waals surface area contributed by atoms with E-state index in [0.717, 1.165) is 35.3 Å². The number of anilines is 1.